The van der Waals surface area contributed by atoms with Crippen molar-refractivity contribution in [3.05, 3.63) is 6.92 Å². The summed E-state index contributed by atoms with van der Waals surface area (Å²) in [5.74, 6) is 0. The van der Waals surface area contributed by atoms with Crippen LogP contribution in [-0.2, 0) is 0 Å². The van der Waals surface area contributed by atoms with Crippen LogP contribution in [0.2, 0.25) is 0 Å². The first-order valence-corrected chi connectivity index (χ1v) is 3.12. The van der Waals surface area contributed by atoms with Crippen molar-refractivity contribution < 1.29 is 0 Å². The predicted molar refractivity (Wildman–Crippen MR) is 32.5 cm³/mol. The fraction of sp³-hybridized carbons (Fsp3) is 0.833. The molecule has 1 radical (unpaired) electrons. The van der Waals surface area contributed by atoms with Crippen LogP contribution in [0.15, 0.2) is 0 Å². The van der Waals surface area contributed by atoms with Gasteiger partial charge in [0.15, 0.2) is 0 Å². The molecule has 2 heteroatoms. The van der Waals surface area contributed by atoms with Gasteiger partial charge in [0.2, 0.25) is 0 Å². The van der Waals surface area contributed by atoms with Gasteiger partial charge in [0, 0.05) is 24.7 Å². The van der Waals surface area contributed by atoms with Crippen LogP contribution in [0.4, 0.5) is 0 Å². The number of fused-ring (bicyclic) bond motifs is 2. The monoisotopic (exact) mass is 111 g/mol. The van der Waals surface area contributed by atoms with Crippen molar-refractivity contribution in [3.8, 4) is 0 Å². The van der Waals surface area contributed by atoms with Gasteiger partial charge in [0.1, 0.15) is 0 Å². The van der Waals surface area contributed by atoms with Gasteiger partial charge >= 0.3 is 0 Å². The van der Waals surface area contributed by atoms with Gasteiger partial charge in [-0.2, -0.15) is 0 Å². The number of nitrogens with one attached hydrogen (secondary N) is 2. The topological polar surface area (TPSA) is 24.1 Å². The minimum Gasteiger partial charge on any atom is -0.311 e. The number of piperazine rings is 1. The zero-order valence-electron chi connectivity index (χ0n) is 4.91. The molecule has 2 aliphatic heterocycles. The third-order valence-electron chi connectivity index (χ3n) is 2.09. The smallest absolute Gasteiger partial charge is 0.0322 e. The molecular formula is C6H11N2. The van der Waals surface area contributed by atoms with Crippen LogP contribution in [0, 0.1) is 6.92 Å². The molecule has 2 nitrogen and oxygen atoms in total. The maximum Gasteiger partial charge on any atom is 0.0322 e. The highest BCUT2D eigenvalue weighted by molar-refractivity contribution is 5.09. The van der Waals surface area contributed by atoms with Gasteiger partial charge in [-0.25, -0.2) is 0 Å². The second kappa shape index (κ2) is 1.25. The summed E-state index contributed by atoms with van der Waals surface area (Å²) in [5.41, 5.74) is 0.199. The van der Waals surface area contributed by atoms with Crippen molar-refractivity contribution in [1.82, 2.24) is 10.6 Å². The Bertz CT molecular complexity index is 103. The molecule has 0 amide bonds. The largest absolute Gasteiger partial charge is 0.311 e. The number of hydrogen-bond acceptors (Lipinski definition) is 2. The van der Waals surface area contributed by atoms with E-state index < -0.39 is 0 Å². The molecule has 2 unspecified atom stereocenters. The average molecular weight is 111 g/mol. The fourth-order valence-corrected chi connectivity index (χ4v) is 1.57. The van der Waals surface area contributed by atoms with E-state index in [1.807, 2.05) is 0 Å². The SMILES string of the molecule is [CH2]C12CNC(CN1)C2. The van der Waals surface area contributed by atoms with Crippen LogP contribution in [0.1, 0.15) is 6.42 Å². The Morgan fingerprint density at radius 1 is 1.62 bits per heavy atom. The molecule has 2 saturated heterocycles. The van der Waals surface area contributed by atoms with E-state index in [0.717, 1.165) is 13.1 Å². The molecule has 8 heavy (non-hydrogen) atoms. The van der Waals surface area contributed by atoms with Crippen LogP contribution in [-0.4, -0.2) is 24.7 Å². The average Bonchev–Trinajstić information content (AvgIpc) is 2.21. The van der Waals surface area contributed by atoms with Gasteiger partial charge in [-0.05, 0) is 13.3 Å². The normalized spacial score (nSPS) is 52.9. The van der Waals surface area contributed by atoms with Gasteiger partial charge in [-0.1, -0.05) is 0 Å². The Kier molecular flexibility index (Phi) is 0.746. The molecule has 45 valence electrons. The lowest BCUT2D eigenvalue weighted by atomic mass is 10.0. The third-order valence-corrected chi connectivity index (χ3v) is 2.09. The summed E-state index contributed by atoms with van der Waals surface area (Å²) in [6, 6.07) is 0.715. The van der Waals surface area contributed by atoms with E-state index >= 15 is 0 Å². The second-order valence-corrected chi connectivity index (χ2v) is 2.94. The third kappa shape index (κ3) is 0.501. The molecule has 2 atom stereocenters. The molecule has 0 aromatic carbocycles. The standard InChI is InChI=1S/C6H11N2/c1-6-2-5(3-8-6)7-4-6/h5,7-8H,1-4H2. The first-order valence-electron chi connectivity index (χ1n) is 3.12. The summed E-state index contributed by atoms with van der Waals surface area (Å²) in [4.78, 5) is 0. The van der Waals surface area contributed by atoms with Gasteiger partial charge in [0.25, 0.3) is 0 Å². The van der Waals surface area contributed by atoms with Gasteiger partial charge in [-0.3, -0.25) is 0 Å². The highest BCUT2D eigenvalue weighted by atomic mass is 15.2. The summed E-state index contributed by atoms with van der Waals surface area (Å²) >= 11 is 0. The molecule has 2 aliphatic rings. The summed E-state index contributed by atoms with van der Waals surface area (Å²) in [7, 11) is 0. The van der Waals surface area contributed by atoms with Crippen LogP contribution in [0.5, 0.6) is 0 Å². The molecular weight excluding hydrogens is 100 g/mol. The Hall–Kier alpha value is -0.0800. The maximum absolute atomic E-state index is 4.06. The number of rotatable bonds is 0. The zero-order valence-corrected chi connectivity index (χ0v) is 4.91. The van der Waals surface area contributed by atoms with Crippen molar-refractivity contribution in [1.29, 1.82) is 0 Å². The van der Waals surface area contributed by atoms with E-state index in [1.54, 1.807) is 0 Å². The minimum absolute atomic E-state index is 0.199. The van der Waals surface area contributed by atoms with E-state index in [2.05, 4.69) is 17.6 Å². The van der Waals surface area contributed by atoms with Crippen molar-refractivity contribution in [2.45, 2.75) is 18.0 Å². The van der Waals surface area contributed by atoms with Crippen LogP contribution in [0.25, 0.3) is 0 Å². The lowest BCUT2D eigenvalue weighted by Crippen LogP contribution is -2.47. The van der Waals surface area contributed by atoms with Crippen LogP contribution < -0.4 is 10.6 Å². The van der Waals surface area contributed by atoms with E-state index in [9.17, 15) is 0 Å². The maximum atomic E-state index is 4.06. The Morgan fingerprint density at radius 3 is 2.62 bits per heavy atom. The van der Waals surface area contributed by atoms with Crippen molar-refractivity contribution in [2.24, 2.45) is 0 Å². The van der Waals surface area contributed by atoms with Crippen molar-refractivity contribution >= 4 is 0 Å². The first-order chi connectivity index (χ1) is 3.79. The predicted octanol–water partition coefficient (Wildman–Crippen LogP) is -0.476. The molecule has 2 rings (SSSR count). The minimum atomic E-state index is 0.199. The van der Waals surface area contributed by atoms with Gasteiger partial charge in [0.05, 0.1) is 0 Å². The Labute approximate surface area is 49.7 Å². The van der Waals surface area contributed by atoms with Crippen LogP contribution >= 0.6 is 0 Å². The Morgan fingerprint density at radius 2 is 2.50 bits per heavy atom. The molecule has 2 N–H and O–H groups in total. The molecule has 0 aromatic heterocycles. The lowest BCUT2D eigenvalue weighted by molar-refractivity contribution is 0.451. The summed E-state index contributed by atoms with van der Waals surface area (Å²) in [6.45, 7) is 6.22. The Balaban J connectivity index is 2.19. The summed E-state index contributed by atoms with van der Waals surface area (Å²) < 4.78 is 0. The van der Waals surface area contributed by atoms with E-state index in [4.69, 9.17) is 0 Å². The van der Waals surface area contributed by atoms with Crippen molar-refractivity contribution in [3.63, 3.8) is 0 Å². The van der Waals surface area contributed by atoms with E-state index in [1.165, 1.54) is 6.42 Å². The van der Waals surface area contributed by atoms with Crippen molar-refractivity contribution in [2.75, 3.05) is 13.1 Å². The molecule has 0 aliphatic carbocycles. The summed E-state index contributed by atoms with van der Waals surface area (Å²) in [5, 5.41) is 6.73. The first kappa shape index (κ1) is 4.77. The molecule has 0 spiro atoms. The molecule has 0 aromatic rings. The molecule has 0 saturated carbocycles. The van der Waals surface area contributed by atoms with E-state index in [0.29, 0.717) is 6.04 Å². The lowest BCUT2D eigenvalue weighted by Gasteiger charge is -2.21. The molecule has 2 bridgehead atoms. The fourth-order valence-electron chi connectivity index (χ4n) is 1.57. The zero-order chi connectivity index (χ0) is 5.61. The molecule has 2 fully saturated rings. The molecule has 2 heterocycles. The van der Waals surface area contributed by atoms with Crippen LogP contribution in [0.3, 0.4) is 0 Å². The second-order valence-electron chi connectivity index (χ2n) is 2.94. The quantitative estimate of drug-likeness (QED) is 0.441. The van der Waals surface area contributed by atoms with Gasteiger partial charge < -0.3 is 10.6 Å². The van der Waals surface area contributed by atoms with E-state index in [-0.39, 0.29) is 5.54 Å². The highest BCUT2D eigenvalue weighted by Gasteiger charge is 2.40. The summed E-state index contributed by atoms with van der Waals surface area (Å²) in [6.07, 6.45) is 1.22. The highest BCUT2D eigenvalue weighted by Crippen LogP contribution is 2.23. The van der Waals surface area contributed by atoms with Gasteiger partial charge in [-0.15, -0.1) is 0 Å². The number of hydrogen-bond donors (Lipinski definition) is 2.